The minimum Gasteiger partial charge on any atom is -0.347 e. The van der Waals surface area contributed by atoms with Gasteiger partial charge in [0, 0.05) is 41.3 Å². The molecule has 1 N–H and O–H groups in total. The lowest BCUT2D eigenvalue weighted by molar-refractivity contribution is -0.122. The largest absolute Gasteiger partial charge is 0.347 e. The van der Waals surface area contributed by atoms with E-state index in [-0.39, 0.29) is 11.9 Å². The Kier molecular flexibility index (Phi) is 6.06. The average molecular weight is 428 g/mol. The fraction of sp³-hybridized carbons (Fsp3) is 0.286. The van der Waals surface area contributed by atoms with E-state index in [4.69, 9.17) is 11.6 Å². The summed E-state index contributed by atoms with van der Waals surface area (Å²) < 4.78 is 4.00. The molecule has 8 heteroatoms. The molecule has 3 aromatic heterocycles. The number of benzene rings is 1. The van der Waals surface area contributed by atoms with Gasteiger partial charge in [-0.05, 0) is 48.8 Å². The van der Waals surface area contributed by atoms with Gasteiger partial charge in [0.25, 0.3) is 0 Å². The molecule has 0 aliphatic rings. The van der Waals surface area contributed by atoms with Gasteiger partial charge < -0.3 is 9.88 Å². The van der Waals surface area contributed by atoms with Gasteiger partial charge in [-0.2, -0.15) is 11.8 Å². The zero-order valence-electron chi connectivity index (χ0n) is 16.1. The van der Waals surface area contributed by atoms with Crippen molar-refractivity contribution in [1.29, 1.82) is 0 Å². The SMILES string of the molecule is CSCC[C@@H](NC(=O)CCn1ccc2c(Cl)cccc21)c1nnc2ccccn12. The number of thioether (sulfide) groups is 1. The van der Waals surface area contributed by atoms with Crippen LogP contribution in [-0.4, -0.2) is 37.1 Å². The maximum atomic E-state index is 12.7. The number of pyridine rings is 1. The molecule has 0 spiro atoms. The smallest absolute Gasteiger partial charge is 0.222 e. The van der Waals surface area contributed by atoms with Gasteiger partial charge in [-0.3, -0.25) is 9.20 Å². The topological polar surface area (TPSA) is 64.2 Å². The maximum absolute atomic E-state index is 12.7. The zero-order chi connectivity index (χ0) is 20.2. The Labute approximate surface area is 178 Å². The summed E-state index contributed by atoms with van der Waals surface area (Å²) in [7, 11) is 0. The molecule has 3 heterocycles. The summed E-state index contributed by atoms with van der Waals surface area (Å²) in [5.41, 5.74) is 1.81. The lowest BCUT2D eigenvalue weighted by Gasteiger charge is -2.17. The predicted octanol–water partition coefficient (Wildman–Crippen LogP) is 4.34. The number of carbonyl (C=O) groups is 1. The third-order valence-corrected chi connectivity index (χ3v) is 5.91. The van der Waals surface area contributed by atoms with Crippen LogP contribution >= 0.6 is 23.4 Å². The molecule has 4 aromatic rings. The number of hydrogen-bond donors (Lipinski definition) is 1. The first-order valence-corrected chi connectivity index (χ1v) is 11.3. The van der Waals surface area contributed by atoms with Gasteiger partial charge in [0.15, 0.2) is 11.5 Å². The van der Waals surface area contributed by atoms with Crippen LogP contribution in [0.1, 0.15) is 24.7 Å². The molecular weight excluding hydrogens is 406 g/mol. The van der Waals surface area contributed by atoms with Crippen molar-refractivity contribution in [3.8, 4) is 0 Å². The molecular formula is C21H22ClN5OS. The quantitative estimate of drug-likeness (QED) is 0.454. The van der Waals surface area contributed by atoms with Crippen LogP contribution in [0.25, 0.3) is 16.6 Å². The Morgan fingerprint density at radius 1 is 1.17 bits per heavy atom. The van der Waals surface area contributed by atoms with Gasteiger partial charge in [-0.15, -0.1) is 10.2 Å². The van der Waals surface area contributed by atoms with Gasteiger partial charge in [0.2, 0.25) is 5.91 Å². The molecule has 0 radical (unpaired) electrons. The summed E-state index contributed by atoms with van der Waals surface area (Å²) in [6.45, 7) is 0.589. The molecule has 0 fully saturated rings. The lowest BCUT2D eigenvalue weighted by Crippen LogP contribution is -2.31. The number of hydrogen-bond acceptors (Lipinski definition) is 4. The number of amides is 1. The molecule has 0 bridgehead atoms. The van der Waals surface area contributed by atoms with Crippen LogP contribution in [-0.2, 0) is 11.3 Å². The van der Waals surface area contributed by atoms with Crippen molar-refractivity contribution < 1.29 is 4.79 Å². The molecule has 0 saturated carbocycles. The second-order valence-electron chi connectivity index (χ2n) is 6.82. The Morgan fingerprint density at radius 2 is 2.07 bits per heavy atom. The van der Waals surface area contributed by atoms with Gasteiger partial charge in [-0.1, -0.05) is 23.7 Å². The number of fused-ring (bicyclic) bond motifs is 2. The van der Waals surface area contributed by atoms with Crippen molar-refractivity contribution in [2.45, 2.75) is 25.4 Å². The molecule has 1 aromatic carbocycles. The van der Waals surface area contributed by atoms with E-state index in [2.05, 4.69) is 26.3 Å². The lowest BCUT2D eigenvalue weighted by atomic mass is 10.2. The highest BCUT2D eigenvalue weighted by Crippen LogP contribution is 2.24. The minimum atomic E-state index is -0.178. The fourth-order valence-corrected chi connectivity index (χ4v) is 4.17. The number of rotatable bonds is 8. The minimum absolute atomic E-state index is 0.00679. The number of carbonyl (C=O) groups excluding carboxylic acids is 1. The number of halogens is 1. The summed E-state index contributed by atoms with van der Waals surface area (Å²) in [6.07, 6.45) is 7.14. The van der Waals surface area contributed by atoms with Crippen LogP contribution in [0, 0.1) is 0 Å². The van der Waals surface area contributed by atoms with E-state index in [1.807, 2.05) is 59.3 Å². The first-order chi connectivity index (χ1) is 14.2. The van der Waals surface area contributed by atoms with E-state index < -0.39 is 0 Å². The van der Waals surface area contributed by atoms with Crippen molar-refractivity contribution in [1.82, 2.24) is 24.5 Å². The van der Waals surface area contributed by atoms with E-state index in [0.29, 0.717) is 13.0 Å². The van der Waals surface area contributed by atoms with Gasteiger partial charge in [0.1, 0.15) is 0 Å². The van der Waals surface area contributed by atoms with E-state index >= 15 is 0 Å². The third kappa shape index (κ3) is 4.26. The molecule has 0 aliphatic heterocycles. The van der Waals surface area contributed by atoms with E-state index in [0.717, 1.165) is 39.6 Å². The standard InChI is InChI=1S/C21H22ClN5OS/c1-29-14-10-17(21-25-24-19-7-2-3-11-27(19)21)23-20(28)9-13-26-12-8-15-16(22)5-4-6-18(15)26/h2-8,11-12,17H,9-10,13-14H2,1H3,(H,23,28)/t17-/m1/s1. The van der Waals surface area contributed by atoms with Gasteiger partial charge >= 0.3 is 0 Å². The summed E-state index contributed by atoms with van der Waals surface area (Å²) in [6, 6.07) is 13.4. The Balaban J connectivity index is 1.47. The summed E-state index contributed by atoms with van der Waals surface area (Å²) >= 11 is 7.99. The molecule has 0 unspecified atom stereocenters. The number of aromatic nitrogens is 4. The van der Waals surface area contributed by atoms with Crippen LogP contribution in [0.15, 0.2) is 54.9 Å². The van der Waals surface area contributed by atoms with Crippen molar-refractivity contribution in [3.63, 3.8) is 0 Å². The zero-order valence-corrected chi connectivity index (χ0v) is 17.7. The molecule has 150 valence electrons. The van der Waals surface area contributed by atoms with Gasteiger partial charge in [-0.25, -0.2) is 0 Å². The molecule has 0 aliphatic carbocycles. The van der Waals surface area contributed by atoms with Crippen molar-refractivity contribution >= 4 is 45.8 Å². The second-order valence-corrected chi connectivity index (χ2v) is 8.21. The highest BCUT2D eigenvalue weighted by Gasteiger charge is 2.20. The van der Waals surface area contributed by atoms with Crippen molar-refractivity contribution in [2.75, 3.05) is 12.0 Å². The molecule has 1 atom stereocenters. The maximum Gasteiger partial charge on any atom is 0.222 e. The molecule has 6 nitrogen and oxygen atoms in total. The summed E-state index contributed by atoms with van der Waals surface area (Å²) in [5.74, 6) is 1.68. The normalized spacial score (nSPS) is 12.5. The number of aryl methyl sites for hydroxylation is 1. The van der Waals surface area contributed by atoms with Crippen LogP contribution in [0.2, 0.25) is 5.02 Å². The van der Waals surface area contributed by atoms with Crippen LogP contribution in [0.4, 0.5) is 0 Å². The van der Waals surface area contributed by atoms with Crippen LogP contribution in [0.3, 0.4) is 0 Å². The van der Waals surface area contributed by atoms with Crippen molar-refractivity contribution in [3.05, 3.63) is 65.7 Å². The first-order valence-electron chi connectivity index (χ1n) is 9.48. The average Bonchev–Trinajstić information content (AvgIpc) is 3.35. The van der Waals surface area contributed by atoms with Crippen LogP contribution in [0.5, 0.6) is 0 Å². The molecule has 0 saturated heterocycles. The van der Waals surface area contributed by atoms with Crippen molar-refractivity contribution in [2.24, 2.45) is 0 Å². The Bertz CT molecular complexity index is 1140. The highest BCUT2D eigenvalue weighted by molar-refractivity contribution is 7.98. The van der Waals surface area contributed by atoms with E-state index in [1.165, 1.54) is 0 Å². The Hall–Kier alpha value is -2.51. The van der Waals surface area contributed by atoms with Gasteiger partial charge in [0.05, 0.1) is 6.04 Å². The summed E-state index contributed by atoms with van der Waals surface area (Å²) in [5, 5.41) is 13.4. The molecule has 1 amide bonds. The summed E-state index contributed by atoms with van der Waals surface area (Å²) in [4.78, 5) is 12.7. The third-order valence-electron chi connectivity index (χ3n) is 4.94. The fourth-order valence-electron chi connectivity index (χ4n) is 3.47. The van der Waals surface area contributed by atoms with E-state index in [9.17, 15) is 4.79 Å². The number of nitrogens with one attached hydrogen (secondary N) is 1. The molecule has 29 heavy (non-hydrogen) atoms. The highest BCUT2D eigenvalue weighted by atomic mass is 35.5. The number of nitrogens with zero attached hydrogens (tertiary/aromatic N) is 4. The monoisotopic (exact) mass is 427 g/mol. The van der Waals surface area contributed by atoms with Crippen LogP contribution < -0.4 is 5.32 Å². The Morgan fingerprint density at radius 3 is 2.93 bits per heavy atom. The predicted molar refractivity (Wildman–Crippen MR) is 118 cm³/mol. The second kappa shape index (κ2) is 8.88. The first kappa shape index (κ1) is 19.8. The van der Waals surface area contributed by atoms with E-state index in [1.54, 1.807) is 11.8 Å². The molecule has 4 rings (SSSR count).